The van der Waals surface area contributed by atoms with Gasteiger partial charge < -0.3 is 10.1 Å². The molecule has 0 atom stereocenters. The van der Waals surface area contributed by atoms with Gasteiger partial charge in [0.15, 0.2) is 0 Å². The molecule has 2 heterocycles. The van der Waals surface area contributed by atoms with Crippen LogP contribution in [0.3, 0.4) is 0 Å². The number of non-ortho nitro benzene ring substituents is 1. The Morgan fingerprint density at radius 1 is 1.29 bits per heavy atom. The zero-order valence-electron chi connectivity index (χ0n) is 14.5. The van der Waals surface area contributed by atoms with Crippen LogP contribution in [-0.4, -0.2) is 49.9 Å². The number of thiophene rings is 1. The van der Waals surface area contributed by atoms with Crippen molar-refractivity contribution in [3.05, 3.63) is 55.9 Å². The van der Waals surface area contributed by atoms with Crippen LogP contribution < -0.4 is 5.32 Å². The molecule has 3 rings (SSSR count). The van der Waals surface area contributed by atoms with Gasteiger partial charge in [-0.2, -0.15) is 4.31 Å². The molecule has 1 aliphatic rings. The van der Waals surface area contributed by atoms with Crippen molar-refractivity contribution in [2.75, 3.05) is 26.3 Å². The van der Waals surface area contributed by atoms with Crippen LogP contribution in [0.5, 0.6) is 0 Å². The van der Waals surface area contributed by atoms with Crippen molar-refractivity contribution in [2.24, 2.45) is 0 Å². The lowest BCUT2D eigenvalue weighted by atomic mass is 10.2. The van der Waals surface area contributed by atoms with Gasteiger partial charge in [-0.15, -0.1) is 11.3 Å². The minimum Gasteiger partial charge on any atom is -0.379 e. The first-order valence-electron chi connectivity index (χ1n) is 8.18. The highest BCUT2D eigenvalue weighted by molar-refractivity contribution is 7.91. The monoisotopic (exact) mass is 445 g/mol. The molecule has 1 amide bonds. The molecule has 9 nitrogen and oxygen atoms in total. The standard InChI is InChI=1S/C16H16ClN3O6S2/c17-14-9-11(20(22)23)1-3-13(14)16(21)18-10-12-2-4-15(27-12)28(24,25)19-5-7-26-8-6-19/h1-4,9H,5-8,10H2,(H,18,21). The summed E-state index contributed by atoms with van der Waals surface area (Å²) < 4.78 is 32.0. The summed E-state index contributed by atoms with van der Waals surface area (Å²) in [4.78, 5) is 23.1. The van der Waals surface area contributed by atoms with Crippen LogP contribution in [0.15, 0.2) is 34.5 Å². The summed E-state index contributed by atoms with van der Waals surface area (Å²) in [5, 5.41) is 13.3. The Hall–Kier alpha value is -2.05. The van der Waals surface area contributed by atoms with E-state index in [2.05, 4.69) is 5.32 Å². The van der Waals surface area contributed by atoms with E-state index in [1.54, 1.807) is 6.07 Å². The molecule has 0 spiro atoms. The Morgan fingerprint density at radius 3 is 2.64 bits per heavy atom. The summed E-state index contributed by atoms with van der Waals surface area (Å²) in [5.74, 6) is -0.508. The Balaban J connectivity index is 1.66. The molecule has 0 aliphatic carbocycles. The number of morpholine rings is 1. The van der Waals surface area contributed by atoms with Crippen molar-refractivity contribution < 1.29 is 22.9 Å². The number of rotatable bonds is 6. The fourth-order valence-electron chi connectivity index (χ4n) is 2.57. The molecule has 150 valence electrons. The summed E-state index contributed by atoms with van der Waals surface area (Å²) in [6.07, 6.45) is 0. The maximum atomic E-state index is 12.6. The number of ether oxygens (including phenoxy) is 1. The lowest BCUT2D eigenvalue weighted by Crippen LogP contribution is -2.40. The van der Waals surface area contributed by atoms with E-state index in [4.69, 9.17) is 16.3 Å². The molecule has 0 unspecified atom stereocenters. The molecule has 1 aromatic heterocycles. The first-order chi connectivity index (χ1) is 13.3. The van der Waals surface area contributed by atoms with E-state index < -0.39 is 20.9 Å². The van der Waals surface area contributed by atoms with Gasteiger partial charge in [-0.3, -0.25) is 14.9 Å². The third-order valence-electron chi connectivity index (χ3n) is 4.03. The zero-order valence-corrected chi connectivity index (χ0v) is 16.8. The Morgan fingerprint density at radius 2 is 2.00 bits per heavy atom. The molecule has 2 aromatic rings. The minimum absolute atomic E-state index is 0.0338. The number of nitrogens with one attached hydrogen (secondary N) is 1. The van der Waals surface area contributed by atoms with Gasteiger partial charge in [0.25, 0.3) is 21.6 Å². The van der Waals surface area contributed by atoms with Crippen LogP contribution in [0.4, 0.5) is 5.69 Å². The Bertz CT molecular complexity index is 1000. The first kappa shape index (κ1) is 20.7. The molecular formula is C16H16ClN3O6S2. The molecule has 1 N–H and O–H groups in total. The van der Waals surface area contributed by atoms with Gasteiger partial charge in [-0.05, 0) is 18.2 Å². The summed E-state index contributed by atoms with van der Waals surface area (Å²) in [7, 11) is -3.58. The number of carbonyl (C=O) groups is 1. The molecule has 12 heteroatoms. The highest BCUT2D eigenvalue weighted by Crippen LogP contribution is 2.26. The molecular weight excluding hydrogens is 430 g/mol. The Labute approximate surface area is 170 Å². The van der Waals surface area contributed by atoms with E-state index in [-0.39, 0.29) is 27.0 Å². The number of carbonyl (C=O) groups excluding carboxylic acids is 1. The second kappa shape index (κ2) is 8.53. The lowest BCUT2D eigenvalue weighted by molar-refractivity contribution is -0.384. The van der Waals surface area contributed by atoms with Crippen LogP contribution in [0.2, 0.25) is 5.02 Å². The maximum Gasteiger partial charge on any atom is 0.270 e. The topological polar surface area (TPSA) is 119 Å². The summed E-state index contributed by atoms with van der Waals surface area (Å²) in [5.41, 5.74) is -0.109. The van der Waals surface area contributed by atoms with Crippen molar-refractivity contribution in [1.29, 1.82) is 0 Å². The van der Waals surface area contributed by atoms with Crippen molar-refractivity contribution in [3.63, 3.8) is 0 Å². The van der Waals surface area contributed by atoms with Gasteiger partial charge in [0.1, 0.15) is 4.21 Å². The molecule has 1 aliphatic heterocycles. The van der Waals surface area contributed by atoms with E-state index in [0.29, 0.717) is 31.2 Å². The van der Waals surface area contributed by atoms with Crippen LogP contribution in [-0.2, 0) is 21.3 Å². The van der Waals surface area contributed by atoms with Gasteiger partial charge in [-0.25, -0.2) is 8.42 Å². The molecule has 0 bridgehead atoms. The van der Waals surface area contributed by atoms with Crippen molar-refractivity contribution in [2.45, 2.75) is 10.8 Å². The number of hydrogen-bond donors (Lipinski definition) is 1. The number of amides is 1. The van der Waals surface area contributed by atoms with Gasteiger partial charge in [-0.1, -0.05) is 11.6 Å². The van der Waals surface area contributed by atoms with E-state index in [1.165, 1.54) is 22.5 Å². The van der Waals surface area contributed by atoms with Crippen LogP contribution in [0, 0.1) is 10.1 Å². The number of nitro groups is 1. The maximum absolute atomic E-state index is 12.6. The van der Waals surface area contributed by atoms with Crippen molar-refractivity contribution in [3.8, 4) is 0 Å². The molecule has 28 heavy (non-hydrogen) atoms. The van der Waals surface area contributed by atoms with Crippen LogP contribution in [0.25, 0.3) is 0 Å². The average Bonchev–Trinajstić information content (AvgIpc) is 3.16. The van der Waals surface area contributed by atoms with E-state index in [1.807, 2.05) is 0 Å². The summed E-state index contributed by atoms with van der Waals surface area (Å²) in [6, 6.07) is 6.72. The minimum atomic E-state index is -3.58. The third kappa shape index (κ3) is 4.50. The van der Waals surface area contributed by atoms with Gasteiger partial charge in [0.05, 0.1) is 35.3 Å². The van der Waals surface area contributed by atoms with Gasteiger partial charge in [0.2, 0.25) is 0 Å². The predicted octanol–water partition coefficient (Wildman–Crippen LogP) is 2.26. The number of halogens is 1. The normalized spacial score (nSPS) is 15.3. The first-order valence-corrected chi connectivity index (χ1v) is 10.8. The average molecular weight is 446 g/mol. The number of hydrogen-bond acceptors (Lipinski definition) is 7. The predicted molar refractivity (Wildman–Crippen MR) is 103 cm³/mol. The van der Waals surface area contributed by atoms with E-state index >= 15 is 0 Å². The second-order valence-electron chi connectivity index (χ2n) is 5.84. The van der Waals surface area contributed by atoms with Gasteiger partial charge in [0, 0.05) is 30.1 Å². The van der Waals surface area contributed by atoms with Crippen LogP contribution >= 0.6 is 22.9 Å². The van der Waals surface area contributed by atoms with Gasteiger partial charge >= 0.3 is 0 Å². The second-order valence-corrected chi connectivity index (χ2v) is 9.58. The third-order valence-corrected chi connectivity index (χ3v) is 7.80. The smallest absolute Gasteiger partial charge is 0.270 e. The molecule has 0 radical (unpaired) electrons. The fourth-order valence-corrected chi connectivity index (χ4v) is 5.69. The van der Waals surface area contributed by atoms with E-state index in [0.717, 1.165) is 17.4 Å². The van der Waals surface area contributed by atoms with Crippen molar-refractivity contribution >= 4 is 44.6 Å². The number of nitrogens with zero attached hydrogens (tertiary/aromatic N) is 2. The SMILES string of the molecule is O=C(NCc1ccc(S(=O)(=O)N2CCOCC2)s1)c1ccc([N+](=O)[O-])cc1Cl. The molecule has 1 aromatic carbocycles. The largest absolute Gasteiger partial charge is 0.379 e. The number of sulfonamides is 1. The fraction of sp³-hybridized carbons (Fsp3) is 0.312. The Kier molecular flexibility index (Phi) is 6.30. The number of nitro benzene ring substituents is 1. The highest BCUT2D eigenvalue weighted by atomic mass is 35.5. The summed E-state index contributed by atoms with van der Waals surface area (Å²) >= 11 is 7.02. The van der Waals surface area contributed by atoms with Crippen LogP contribution in [0.1, 0.15) is 15.2 Å². The van der Waals surface area contributed by atoms with E-state index in [9.17, 15) is 23.3 Å². The molecule has 1 fully saturated rings. The van der Waals surface area contributed by atoms with Crippen molar-refractivity contribution in [1.82, 2.24) is 9.62 Å². The lowest BCUT2D eigenvalue weighted by Gasteiger charge is -2.25. The molecule has 0 saturated carbocycles. The zero-order chi connectivity index (χ0) is 20.3. The summed E-state index contributed by atoms with van der Waals surface area (Å²) in [6.45, 7) is 1.46. The quantitative estimate of drug-likeness (QED) is 0.538. The highest BCUT2D eigenvalue weighted by Gasteiger charge is 2.27. The number of benzene rings is 1. The molecule has 1 saturated heterocycles.